The van der Waals surface area contributed by atoms with E-state index in [4.69, 9.17) is 4.74 Å². The van der Waals surface area contributed by atoms with Crippen molar-refractivity contribution in [3.05, 3.63) is 42.2 Å². The molecule has 1 amide bonds. The third kappa shape index (κ3) is 4.31. The first-order valence-corrected chi connectivity index (χ1v) is 10.0. The standard InChI is InChI=1S/C21H24F2N4O2/c1-14-12-26(8-9-27(14)21(28)15-4-2-3-5-15)19-11-20(25-13-24-19)29-16-6-7-17(22)18(23)10-16/h6-7,10-11,13-15H,2-5,8-9,12H2,1H3. The highest BCUT2D eigenvalue weighted by atomic mass is 19.2. The summed E-state index contributed by atoms with van der Waals surface area (Å²) in [6, 6.07) is 5.09. The van der Waals surface area contributed by atoms with Crippen LogP contribution in [-0.4, -0.2) is 46.5 Å². The molecule has 6 nitrogen and oxygen atoms in total. The molecule has 2 fully saturated rings. The van der Waals surface area contributed by atoms with E-state index in [2.05, 4.69) is 21.8 Å². The highest BCUT2D eigenvalue weighted by molar-refractivity contribution is 5.79. The Morgan fingerprint density at radius 2 is 1.90 bits per heavy atom. The van der Waals surface area contributed by atoms with Crippen LogP contribution in [0.3, 0.4) is 0 Å². The third-order valence-electron chi connectivity index (χ3n) is 5.68. The van der Waals surface area contributed by atoms with Crippen LogP contribution in [0.4, 0.5) is 14.6 Å². The molecule has 1 aromatic carbocycles. The molecular formula is C21H24F2N4O2. The van der Waals surface area contributed by atoms with E-state index in [1.807, 2.05) is 4.90 Å². The van der Waals surface area contributed by atoms with Gasteiger partial charge >= 0.3 is 0 Å². The van der Waals surface area contributed by atoms with Gasteiger partial charge in [0.25, 0.3) is 0 Å². The molecule has 1 unspecified atom stereocenters. The van der Waals surface area contributed by atoms with Gasteiger partial charge in [0.1, 0.15) is 17.9 Å². The number of aromatic nitrogens is 2. The number of nitrogens with zero attached hydrogens (tertiary/aromatic N) is 4. The van der Waals surface area contributed by atoms with Crippen molar-refractivity contribution in [2.75, 3.05) is 24.5 Å². The maximum absolute atomic E-state index is 13.4. The summed E-state index contributed by atoms with van der Waals surface area (Å²) in [7, 11) is 0. The van der Waals surface area contributed by atoms with Gasteiger partial charge in [0.15, 0.2) is 11.6 Å². The van der Waals surface area contributed by atoms with E-state index >= 15 is 0 Å². The van der Waals surface area contributed by atoms with E-state index in [0.29, 0.717) is 25.5 Å². The number of benzene rings is 1. The molecule has 2 aromatic rings. The lowest BCUT2D eigenvalue weighted by molar-refractivity contribution is -0.137. The van der Waals surface area contributed by atoms with Crippen molar-refractivity contribution < 1.29 is 18.3 Å². The van der Waals surface area contributed by atoms with Crippen LogP contribution < -0.4 is 9.64 Å². The van der Waals surface area contributed by atoms with Gasteiger partial charge in [-0.3, -0.25) is 4.79 Å². The van der Waals surface area contributed by atoms with Gasteiger partial charge in [0.05, 0.1) is 0 Å². The Morgan fingerprint density at radius 1 is 1.10 bits per heavy atom. The van der Waals surface area contributed by atoms with Crippen LogP contribution in [0.15, 0.2) is 30.6 Å². The largest absolute Gasteiger partial charge is 0.439 e. The minimum atomic E-state index is -0.978. The molecule has 0 N–H and O–H groups in total. The van der Waals surface area contributed by atoms with Gasteiger partial charge in [0, 0.05) is 43.7 Å². The van der Waals surface area contributed by atoms with Crippen LogP contribution in [0, 0.1) is 17.6 Å². The summed E-state index contributed by atoms with van der Waals surface area (Å²) in [5, 5.41) is 0. The average molecular weight is 402 g/mol. The zero-order chi connectivity index (χ0) is 20.4. The van der Waals surface area contributed by atoms with Crippen LogP contribution in [0.5, 0.6) is 11.6 Å². The second-order valence-corrected chi connectivity index (χ2v) is 7.70. The Hall–Kier alpha value is -2.77. The summed E-state index contributed by atoms with van der Waals surface area (Å²) in [5.41, 5.74) is 0. The number of hydrogen-bond donors (Lipinski definition) is 0. The number of ether oxygens (including phenoxy) is 1. The summed E-state index contributed by atoms with van der Waals surface area (Å²) in [4.78, 5) is 25.2. The number of carbonyl (C=O) groups excluding carboxylic acids is 1. The lowest BCUT2D eigenvalue weighted by atomic mass is 10.0. The topological polar surface area (TPSA) is 58.6 Å². The number of carbonyl (C=O) groups is 1. The number of halogens is 2. The van der Waals surface area contributed by atoms with Crippen molar-refractivity contribution in [3.8, 4) is 11.6 Å². The molecule has 1 saturated carbocycles. The maximum atomic E-state index is 13.4. The number of anilines is 1. The fourth-order valence-electron chi connectivity index (χ4n) is 4.12. The first-order chi connectivity index (χ1) is 14.0. The molecule has 0 bridgehead atoms. The third-order valence-corrected chi connectivity index (χ3v) is 5.68. The van der Waals surface area contributed by atoms with Gasteiger partial charge in [-0.1, -0.05) is 12.8 Å². The Bertz CT molecular complexity index is 889. The molecule has 1 aromatic heterocycles. The zero-order valence-electron chi connectivity index (χ0n) is 16.4. The Kier molecular flexibility index (Phi) is 5.60. The predicted molar refractivity (Wildman–Crippen MR) is 104 cm³/mol. The highest BCUT2D eigenvalue weighted by Gasteiger charge is 2.33. The fourth-order valence-corrected chi connectivity index (χ4v) is 4.12. The molecular weight excluding hydrogens is 378 g/mol. The molecule has 0 radical (unpaired) electrons. The van der Waals surface area contributed by atoms with Crippen molar-refractivity contribution in [2.45, 2.75) is 38.6 Å². The molecule has 1 aliphatic heterocycles. The predicted octanol–water partition coefficient (Wildman–Crippen LogP) is 3.77. The molecule has 4 rings (SSSR count). The number of hydrogen-bond acceptors (Lipinski definition) is 5. The van der Waals surface area contributed by atoms with Crippen molar-refractivity contribution in [1.29, 1.82) is 0 Å². The zero-order valence-corrected chi connectivity index (χ0v) is 16.4. The molecule has 0 spiro atoms. The van der Waals surface area contributed by atoms with E-state index in [-0.39, 0.29) is 29.5 Å². The summed E-state index contributed by atoms with van der Waals surface area (Å²) < 4.78 is 32.0. The van der Waals surface area contributed by atoms with E-state index in [9.17, 15) is 13.6 Å². The normalized spacial score (nSPS) is 20.2. The Balaban J connectivity index is 1.42. The number of amides is 1. The van der Waals surface area contributed by atoms with Crippen molar-refractivity contribution >= 4 is 11.7 Å². The van der Waals surface area contributed by atoms with Crippen molar-refractivity contribution in [2.24, 2.45) is 5.92 Å². The number of rotatable bonds is 4. The fraction of sp³-hybridized carbons (Fsp3) is 0.476. The summed E-state index contributed by atoms with van der Waals surface area (Å²) >= 11 is 0. The first kappa shape index (κ1) is 19.5. The lowest BCUT2D eigenvalue weighted by Gasteiger charge is -2.41. The van der Waals surface area contributed by atoms with E-state index < -0.39 is 11.6 Å². The monoisotopic (exact) mass is 402 g/mol. The van der Waals surface area contributed by atoms with Crippen molar-refractivity contribution in [3.63, 3.8) is 0 Å². The SMILES string of the molecule is CC1CN(c2cc(Oc3ccc(F)c(F)c3)ncn2)CCN1C(=O)C1CCCC1. The molecule has 1 atom stereocenters. The lowest BCUT2D eigenvalue weighted by Crippen LogP contribution is -2.55. The van der Waals surface area contributed by atoms with Gasteiger partial charge in [0.2, 0.25) is 11.8 Å². The second-order valence-electron chi connectivity index (χ2n) is 7.70. The first-order valence-electron chi connectivity index (χ1n) is 10.0. The summed E-state index contributed by atoms with van der Waals surface area (Å²) in [5.74, 6) is -0.364. The molecule has 2 aliphatic rings. The Morgan fingerprint density at radius 3 is 2.62 bits per heavy atom. The quantitative estimate of drug-likeness (QED) is 0.779. The molecule has 1 saturated heterocycles. The molecule has 2 heterocycles. The van der Waals surface area contributed by atoms with Crippen LogP contribution in [0.2, 0.25) is 0 Å². The van der Waals surface area contributed by atoms with Gasteiger partial charge in [-0.05, 0) is 31.9 Å². The second kappa shape index (κ2) is 8.31. The van der Waals surface area contributed by atoms with Crippen LogP contribution in [-0.2, 0) is 4.79 Å². The summed E-state index contributed by atoms with van der Waals surface area (Å²) in [6.45, 7) is 4.04. The van der Waals surface area contributed by atoms with Gasteiger partial charge < -0.3 is 14.5 Å². The molecule has 1 aliphatic carbocycles. The van der Waals surface area contributed by atoms with Gasteiger partial charge in [-0.15, -0.1) is 0 Å². The van der Waals surface area contributed by atoms with Crippen molar-refractivity contribution in [1.82, 2.24) is 14.9 Å². The minimum Gasteiger partial charge on any atom is -0.439 e. The van der Waals surface area contributed by atoms with Crippen LogP contribution in [0.1, 0.15) is 32.6 Å². The highest BCUT2D eigenvalue weighted by Crippen LogP contribution is 2.29. The molecule has 154 valence electrons. The number of piperazine rings is 1. The smallest absolute Gasteiger partial charge is 0.226 e. The Labute approximate surface area is 168 Å². The van der Waals surface area contributed by atoms with Gasteiger partial charge in [-0.2, -0.15) is 0 Å². The minimum absolute atomic E-state index is 0.0855. The molecule has 29 heavy (non-hydrogen) atoms. The average Bonchev–Trinajstić information content (AvgIpc) is 3.25. The van der Waals surface area contributed by atoms with E-state index in [1.165, 1.54) is 12.4 Å². The van der Waals surface area contributed by atoms with E-state index in [1.54, 1.807) is 6.07 Å². The summed E-state index contributed by atoms with van der Waals surface area (Å²) in [6.07, 6.45) is 5.68. The van der Waals surface area contributed by atoms with Crippen LogP contribution in [0.25, 0.3) is 0 Å². The maximum Gasteiger partial charge on any atom is 0.226 e. The van der Waals surface area contributed by atoms with Crippen LogP contribution >= 0.6 is 0 Å². The van der Waals surface area contributed by atoms with Gasteiger partial charge in [-0.25, -0.2) is 18.7 Å². The molecule has 8 heteroatoms. The van der Waals surface area contributed by atoms with E-state index in [0.717, 1.165) is 37.8 Å².